The molecule has 0 fully saturated rings. The first-order chi connectivity index (χ1) is 17.9. The molecule has 164 valence electrons. The van der Waals surface area contributed by atoms with Crippen LogP contribution in [0.3, 0.4) is 0 Å². The van der Waals surface area contributed by atoms with Crippen LogP contribution in [0.15, 0.2) is 109 Å². The summed E-state index contributed by atoms with van der Waals surface area (Å²) in [5, 5.41) is 13.3. The van der Waals surface area contributed by atoms with Crippen molar-refractivity contribution in [3.05, 3.63) is 109 Å². The van der Waals surface area contributed by atoms with Gasteiger partial charge in [0.15, 0.2) is 0 Å². The summed E-state index contributed by atoms with van der Waals surface area (Å²) in [5.74, 6) is 0. The molecule has 0 radical (unpaired) electrons. The second-order valence-corrected chi connectivity index (χ2v) is 10.2. The van der Waals surface area contributed by atoms with Crippen molar-refractivity contribution in [2.45, 2.75) is 0 Å². The van der Waals surface area contributed by atoms with Gasteiger partial charge in [0.2, 0.25) is 0 Å². The van der Waals surface area contributed by atoms with Gasteiger partial charge < -0.3 is 8.80 Å². The van der Waals surface area contributed by atoms with Gasteiger partial charge in [0, 0.05) is 43.1 Å². The highest BCUT2D eigenvalue weighted by atomic mass is 14.9. The Morgan fingerprint density at radius 1 is 0.333 bits per heavy atom. The van der Waals surface area contributed by atoms with Crippen LogP contribution >= 0.6 is 0 Å². The van der Waals surface area contributed by atoms with Crippen molar-refractivity contribution in [3.63, 3.8) is 0 Å². The Kier molecular flexibility index (Phi) is 2.78. The van der Waals surface area contributed by atoms with E-state index in [1.165, 1.54) is 87.0 Å². The zero-order chi connectivity index (χ0) is 23.1. The molecule has 0 amide bonds. The van der Waals surface area contributed by atoms with Gasteiger partial charge in [-0.05, 0) is 41.1 Å². The van der Waals surface area contributed by atoms with Gasteiger partial charge in [0.1, 0.15) is 0 Å². The average molecular weight is 455 g/mol. The van der Waals surface area contributed by atoms with E-state index in [2.05, 4.69) is 118 Å². The van der Waals surface area contributed by atoms with Crippen LogP contribution in [-0.2, 0) is 0 Å². The minimum absolute atomic E-state index is 1.28. The lowest BCUT2D eigenvalue weighted by molar-refractivity contribution is 1.35. The summed E-state index contributed by atoms with van der Waals surface area (Å²) in [5.41, 5.74) is 7.79. The molecular weight excluding hydrogens is 436 g/mol. The highest BCUT2D eigenvalue weighted by Crippen LogP contribution is 2.46. The van der Waals surface area contributed by atoms with Crippen LogP contribution < -0.4 is 0 Å². The predicted molar refractivity (Wildman–Crippen MR) is 153 cm³/mol. The van der Waals surface area contributed by atoms with Crippen molar-refractivity contribution in [1.82, 2.24) is 8.80 Å². The maximum Gasteiger partial charge on any atom is 0.0626 e. The molecule has 36 heavy (non-hydrogen) atoms. The van der Waals surface area contributed by atoms with Gasteiger partial charge in [-0.15, -0.1) is 0 Å². The number of para-hydroxylation sites is 3. The van der Waals surface area contributed by atoms with Gasteiger partial charge in [-0.2, -0.15) is 0 Å². The lowest BCUT2D eigenvalue weighted by atomic mass is 9.99. The molecule has 0 saturated carbocycles. The summed E-state index contributed by atoms with van der Waals surface area (Å²) in [6.07, 6.45) is 0. The number of hydrogen-bond acceptors (Lipinski definition) is 0. The fraction of sp³-hybridized carbons (Fsp3) is 0. The first-order valence-corrected chi connectivity index (χ1v) is 12.5. The monoisotopic (exact) mass is 454 g/mol. The standard InChI is InChI=1S/C34H18N2/c1-2-9-20-19(8-1)16-27-26-17-25-23-13-7-12-22-21-10-3-5-14-28(21)35(33(22)23)30(25)18-31(26)36-29-15-6-4-11-24(29)32(20)34(27)36/h1-18H. The molecule has 0 aliphatic carbocycles. The van der Waals surface area contributed by atoms with Gasteiger partial charge in [0.25, 0.3) is 0 Å². The second-order valence-electron chi connectivity index (χ2n) is 10.2. The number of nitrogens with zero attached hydrogens (tertiary/aromatic N) is 2. The molecule has 0 N–H and O–H groups in total. The summed E-state index contributed by atoms with van der Waals surface area (Å²) >= 11 is 0. The van der Waals surface area contributed by atoms with Crippen LogP contribution in [-0.4, -0.2) is 8.80 Å². The summed E-state index contributed by atoms with van der Waals surface area (Å²) in [6, 6.07) is 40.6. The summed E-state index contributed by atoms with van der Waals surface area (Å²) in [6.45, 7) is 0. The van der Waals surface area contributed by atoms with Crippen LogP contribution in [0.4, 0.5) is 0 Å². The Hall–Kier alpha value is -4.82. The minimum atomic E-state index is 1.28. The van der Waals surface area contributed by atoms with Crippen LogP contribution in [0, 0.1) is 0 Å². The van der Waals surface area contributed by atoms with Gasteiger partial charge in [-0.25, -0.2) is 0 Å². The zero-order valence-corrected chi connectivity index (χ0v) is 19.3. The Morgan fingerprint density at radius 3 is 1.75 bits per heavy atom. The quantitative estimate of drug-likeness (QED) is 0.216. The minimum Gasteiger partial charge on any atom is -0.308 e. The number of benzene rings is 6. The van der Waals surface area contributed by atoms with E-state index in [-0.39, 0.29) is 0 Å². The number of aromatic nitrogens is 2. The molecule has 0 spiro atoms. The van der Waals surface area contributed by atoms with E-state index in [1.54, 1.807) is 0 Å². The SMILES string of the molecule is c1ccc2c(c1)cc1c3cc4c5cccc6c7ccccc7n(c4cc3n3c4ccccc4c2c13)c65. The fourth-order valence-corrected chi connectivity index (χ4v) is 7.16. The van der Waals surface area contributed by atoms with E-state index in [0.717, 1.165) is 0 Å². The molecule has 0 atom stereocenters. The molecule has 0 saturated heterocycles. The van der Waals surface area contributed by atoms with Gasteiger partial charge in [-0.3, -0.25) is 0 Å². The van der Waals surface area contributed by atoms with Gasteiger partial charge in [-0.1, -0.05) is 78.9 Å². The molecule has 2 nitrogen and oxygen atoms in total. The molecule has 0 bridgehead atoms. The topological polar surface area (TPSA) is 8.82 Å². The van der Waals surface area contributed by atoms with Gasteiger partial charge >= 0.3 is 0 Å². The molecular formula is C34H18N2. The first-order valence-electron chi connectivity index (χ1n) is 12.5. The van der Waals surface area contributed by atoms with E-state index in [0.29, 0.717) is 0 Å². The van der Waals surface area contributed by atoms with Crippen molar-refractivity contribution < 1.29 is 0 Å². The van der Waals surface area contributed by atoms with Gasteiger partial charge in [0.05, 0.1) is 33.1 Å². The predicted octanol–water partition coefficient (Wildman–Crippen LogP) is 9.14. The summed E-state index contributed by atoms with van der Waals surface area (Å²) < 4.78 is 4.99. The van der Waals surface area contributed by atoms with E-state index in [4.69, 9.17) is 0 Å². The summed E-state index contributed by atoms with van der Waals surface area (Å²) in [7, 11) is 0. The maximum atomic E-state index is 2.51. The third-order valence-electron chi connectivity index (χ3n) is 8.53. The van der Waals surface area contributed by atoms with Crippen LogP contribution in [0.5, 0.6) is 0 Å². The smallest absolute Gasteiger partial charge is 0.0626 e. The molecule has 10 rings (SSSR count). The van der Waals surface area contributed by atoms with Crippen LogP contribution in [0.1, 0.15) is 0 Å². The Balaban J connectivity index is 1.56. The Bertz CT molecular complexity index is 2520. The van der Waals surface area contributed by atoms with E-state index >= 15 is 0 Å². The molecule has 0 unspecified atom stereocenters. The highest BCUT2D eigenvalue weighted by Gasteiger charge is 2.22. The Labute approximate surface area is 204 Å². The average Bonchev–Trinajstić information content (AvgIpc) is 3.64. The van der Waals surface area contributed by atoms with E-state index < -0.39 is 0 Å². The largest absolute Gasteiger partial charge is 0.308 e. The normalized spacial score (nSPS) is 13.0. The molecule has 0 aliphatic rings. The zero-order valence-electron chi connectivity index (χ0n) is 19.3. The molecule has 10 aromatic rings. The van der Waals surface area contributed by atoms with E-state index in [1.807, 2.05) is 0 Å². The molecule has 4 aromatic heterocycles. The highest BCUT2D eigenvalue weighted by molar-refractivity contribution is 6.33. The number of fused-ring (bicyclic) bond motifs is 14. The summed E-state index contributed by atoms with van der Waals surface area (Å²) in [4.78, 5) is 0. The molecule has 6 aromatic carbocycles. The fourth-order valence-electron chi connectivity index (χ4n) is 7.16. The molecule has 2 heteroatoms. The molecule has 0 aliphatic heterocycles. The third kappa shape index (κ3) is 1.78. The first kappa shape index (κ1) is 17.6. The number of hydrogen-bond donors (Lipinski definition) is 0. The van der Waals surface area contributed by atoms with Crippen LogP contribution in [0.2, 0.25) is 0 Å². The second kappa shape index (κ2) is 5.69. The van der Waals surface area contributed by atoms with E-state index in [9.17, 15) is 0 Å². The van der Waals surface area contributed by atoms with Crippen LogP contribution in [0.25, 0.3) is 87.0 Å². The maximum absolute atomic E-state index is 2.51. The van der Waals surface area contributed by atoms with Crippen molar-refractivity contribution in [2.24, 2.45) is 0 Å². The van der Waals surface area contributed by atoms with Crippen molar-refractivity contribution >= 4 is 87.0 Å². The van der Waals surface area contributed by atoms with Crippen molar-refractivity contribution in [2.75, 3.05) is 0 Å². The lowest BCUT2D eigenvalue weighted by Crippen LogP contribution is -1.83. The Morgan fingerprint density at radius 2 is 0.917 bits per heavy atom. The number of rotatable bonds is 0. The molecule has 4 heterocycles. The third-order valence-corrected chi connectivity index (χ3v) is 8.53. The van der Waals surface area contributed by atoms with Crippen molar-refractivity contribution in [3.8, 4) is 0 Å². The lowest BCUT2D eigenvalue weighted by Gasteiger charge is -2.03. The van der Waals surface area contributed by atoms with Crippen molar-refractivity contribution in [1.29, 1.82) is 0 Å².